The number of aromatic nitrogens is 1. The van der Waals surface area contributed by atoms with Crippen LogP contribution in [0, 0.1) is 0 Å². The third-order valence-corrected chi connectivity index (χ3v) is 7.23. The Balaban J connectivity index is 1.63. The first-order valence-electron chi connectivity index (χ1n) is 13.6. The third kappa shape index (κ3) is 5.69. The van der Waals surface area contributed by atoms with Crippen molar-refractivity contribution in [3.05, 3.63) is 70.9 Å². The number of nitrogens with zero attached hydrogens (tertiary/aromatic N) is 1. The molecule has 0 atom stereocenters. The number of carbonyl (C=O) groups is 3. The summed E-state index contributed by atoms with van der Waals surface area (Å²) < 4.78 is 4.79. The molecule has 4 rings (SSSR count). The van der Waals surface area contributed by atoms with Gasteiger partial charge in [-0.3, -0.25) is 9.59 Å². The van der Waals surface area contributed by atoms with Crippen LogP contribution in [-0.4, -0.2) is 34.7 Å². The highest BCUT2D eigenvalue weighted by atomic mass is 16.5. The Morgan fingerprint density at radius 2 is 1.45 bits per heavy atom. The molecule has 0 saturated carbocycles. The number of allylic oxidation sites excluding steroid dienone is 1. The number of unbranched alkanes of at least 4 members (excludes halogenated alkanes) is 8. The fraction of sp³-hybridized carbons (Fsp3) is 0.375. The second kappa shape index (κ2) is 12.6. The molecular formula is C32H35NO5. The second-order valence-electron chi connectivity index (χ2n) is 9.86. The molecule has 0 spiro atoms. The summed E-state index contributed by atoms with van der Waals surface area (Å²) >= 11 is 0. The maximum atomic E-state index is 13.5. The monoisotopic (exact) mass is 513 g/mol. The number of para-hydroxylation sites is 1. The lowest BCUT2D eigenvalue weighted by Gasteiger charge is -2.21. The van der Waals surface area contributed by atoms with Gasteiger partial charge in [0.25, 0.3) is 0 Å². The molecule has 6 heteroatoms. The minimum absolute atomic E-state index is 0.104. The molecule has 0 fully saturated rings. The van der Waals surface area contributed by atoms with Gasteiger partial charge >= 0.3 is 5.97 Å². The van der Waals surface area contributed by atoms with Crippen molar-refractivity contribution in [2.75, 3.05) is 7.11 Å². The smallest absolute Gasteiger partial charge is 0.337 e. The Morgan fingerprint density at radius 3 is 2.11 bits per heavy atom. The van der Waals surface area contributed by atoms with Crippen molar-refractivity contribution < 1.29 is 24.2 Å². The number of esters is 1. The molecule has 1 heterocycles. The van der Waals surface area contributed by atoms with Gasteiger partial charge in [0.2, 0.25) is 11.6 Å². The average molecular weight is 514 g/mol. The van der Waals surface area contributed by atoms with Gasteiger partial charge in [0.15, 0.2) is 0 Å². The van der Waals surface area contributed by atoms with Gasteiger partial charge < -0.3 is 9.84 Å². The van der Waals surface area contributed by atoms with E-state index < -0.39 is 17.5 Å². The van der Waals surface area contributed by atoms with E-state index in [0.29, 0.717) is 34.0 Å². The Morgan fingerprint density at radius 1 is 0.816 bits per heavy atom. The number of methoxy groups -OCH3 is 1. The molecule has 1 aliphatic rings. The van der Waals surface area contributed by atoms with E-state index in [-0.39, 0.29) is 22.6 Å². The highest BCUT2D eigenvalue weighted by Gasteiger charge is 2.36. The predicted octanol–water partition coefficient (Wildman–Crippen LogP) is 7.64. The molecule has 0 amide bonds. The summed E-state index contributed by atoms with van der Waals surface area (Å²) in [4.78, 5) is 43.2. The minimum atomic E-state index is -0.668. The van der Waals surface area contributed by atoms with Crippen LogP contribution in [0.15, 0.2) is 54.1 Å². The first-order chi connectivity index (χ1) is 18.5. The van der Waals surface area contributed by atoms with Crippen molar-refractivity contribution in [3.63, 3.8) is 0 Å². The molecule has 1 aromatic heterocycles. The number of fused-ring (bicyclic) bond motifs is 2. The number of hydrogen-bond donors (Lipinski definition) is 1. The number of aliphatic hydroxyl groups is 1. The molecular weight excluding hydrogens is 478 g/mol. The fourth-order valence-electron chi connectivity index (χ4n) is 5.14. The van der Waals surface area contributed by atoms with Gasteiger partial charge in [-0.1, -0.05) is 88.6 Å². The van der Waals surface area contributed by atoms with Crippen LogP contribution in [0.4, 0.5) is 0 Å². The topological polar surface area (TPSA) is 93.6 Å². The summed E-state index contributed by atoms with van der Waals surface area (Å²) in [6.45, 7) is 2.21. The molecule has 38 heavy (non-hydrogen) atoms. The summed E-state index contributed by atoms with van der Waals surface area (Å²) in [5.41, 5.74) is 2.54. The number of rotatable bonds is 12. The lowest BCUT2D eigenvalue weighted by atomic mass is 9.83. The van der Waals surface area contributed by atoms with Crippen LogP contribution < -0.4 is 0 Å². The molecule has 1 N–H and O–H groups in total. The molecule has 0 aliphatic heterocycles. The van der Waals surface area contributed by atoms with E-state index in [1.54, 1.807) is 24.3 Å². The Hall–Kier alpha value is -3.80. The van der Waals surface area contributed by atoms with Crippen molar-refractivity contribution in [2.45, 2.75) is 71.1 Å². The zero-order chi connectivity index (χ0) is 27.1. The highest BCUT2D eigenvalue weighted by Crippen LogP contribution is 2.39. The number of benzene rings is 2. The summed E-state index contributed by atoms with van der Waals surface area (Å²) in [5.74, 6) is -2.00. The molecule has 0 bridgehead atoms. The number of aliphatic hydroxyl groups excluding tert-OH is 1. The predicted molar refractivity (Wildman–Crippen MR) is 149 cm³/mol. The molecule has 2 aromatic carbocycles. The molecule has 0 radical (unpaired) electrons. The lowest BCUT2D eigenvalue weighted by Crippen LogP contribution is -2.26. The number of ether oxygens (including phenoxy) is 1. The molecule has 1 aliphatic carbocycles. The van der Waals surface area contributed by atoms with Gasteiger partial charge in [0.05, 0.1) is 23.8 Å². The molecule has 3 aromatic rings. The van der Waals surface area contributed by atoms with Crippen LogP contribution in [0.1, 0.15) is 97.5 Å². The average Bonchev–Trinajstić information content (AvgIpc) is 2.95. The highest BCUT2D eigenvalue weighted by molar-refractivity contribution is 6.53. The second-order valence-corrected chi connectivity index (χ2v) is 9.86. The summed E-state index contributed by atoms with van der Waals surface area (Å²) in [5, 5.41) is 11.9. The van der Waals surface area contributed by atoms with Gasteiger partial charge in [0.1, 0.15) is 11.5 Å². The number of Topliss-reactive ketones (excluding diaryl/α,β-unsaturated/α-hetero) is 2. The van der Waals surface area contributed by atoms with E-state index in [0.717, 1.165) is 25.7 Å². The standard InChI is InChI=1S/C32H35NO5/c1-3-4-5-6-7-8-9-10-11-15-24-29(34)28-27(31(36)30(24)35)26(23-14-12-13-16-25(23)33-28)21-17-19-22(20-18-21)32(37)38-2/h12-14,16-20,34H,3-11,15H2,1-2H3. The molecule has 198 valence electrons. The van der Waals surface area contributed by atoms with Gasteiger partial charge in [0, 0.05) is 16.5 Å². The van der Waals surface area contributed by atoms with E-state index in [2.05, 4.69) is 11.9 Å². The summed E-state index contributed by atoms with van der Waals surface area (Å²) in [6, 6.07) is 14.0. The van der Waals surface area contributed by atoms with Crippen LogP contribution in [0.25, 0.3) is 27.8 Å². The summed E-state index contributed by atoms with van der Waals surface area (Å²) in [6.07, 6.45) is 10.6. The van der Waals surface area contributed by atoms with E-state index >= 15 is 0 Å². The van der Waals surface area contributed by atoms with Crippen LogP contribution in [0.2, 0.25) is 0 Å². The van der Waals surface area contributed by atoms with Crippen LogP contribution >= 0.6 is 0 Å². The first kappa shape index (κ1) is 27.2. The van der Waals surface area contributed by atoms with Crippen molar-refractivity contribution in [1.29, 1.82) is 0 Å². The molecule has 0 unspecified atom stereocenters. The zero-order valence-electron chi connectivity index (χ0n) is 22.2. The van der Waals surface area contributed by atoms with Crippen LogP contribution in [0.3, 0.4) is 0 Å². The normalized spacial score (nSPS) is 13.2. The minimum Gasteiger partial charge on any atom is -0.505 e. The maximum Gasteiger partial charge on any atom is 0.337 e. The molecule has 0 saturated heterocycles. The Labute approximate surface area is 223 Å². The van der Waals surface area contributed by atoms with E-state index in [1.165, 1.54) is 39.2 Å². The number of pyridine rings is 1. The maximum absolute atomic E-state index is 13.5. The van der Waals surface area contributed by atoms with Gasteiger partial charge in [-0.15, -0.1) is 0 Å². The third-order valence-electron chi connectivity index (χ3n) is 7.23. The largest absolute Gasteiger partial charge is 0.505 e. The van der Waals surface area contributed by atoms with Crippen molar-refractivity contribution in [3.8, 4) is 11.1 Å². The van der Waals surface area contributed by atoms with Crippen molar-refractivity contribution >= 4 is 34.2 Å². The van der Waals surface area contributed by atoms with Crippen molar-refractivity contribution in [1.82, 2.24) is 4.98 Å². The number of carbonyl (C=O) groups excluding carboxylic acids is 3. The SMILES string of the molecule is CCCCCCCCCCCC1=C(O)c2nc3ccccc3c(-c3ccc(C(=O)OC)cc3)c2C(=O)C1=O. The van der Waals surface area contributed by atoms with E-state index in [4.69, 9.17) is 4.74 Å². The first-order valence-corrected chi connectivity index (χ1v) is 13.6. The van der Waals surface area contributed by atoms with Gasteiger partial charge in [-0.25, -0.2) is 9.78 Å². The fourth-order valence-corrected chi connectivity index (χ4v) is 5.14. The van der Waals surface area contributed by atoms with E-state index in [1.807, 2.05) is 24.3 Å². The van der Waals surface area contributed by atoms with Crippen molar-refractivity contribution in [2.24, 2.45) is 0 Å². The lowest BCUT2D eigenvalue weighted by molar-refractivity contribution is -0.112. The number of ketones is 2. The Kier molecular flexibility index (Phi) is 9.06. The zero-order valence-corrected chi connectivity index (χ0v) is 22.2. The quantitative estimate of drug-likeness (QED) is 0.152. The van der Waals surface area contributed by atoms with E-state index in [9.17, 15) is 19.5 Å². The van der Waals surface area contributed by atoms with Crippen LogP contribution in [-0.2, 0) is 9.53 Å². The number of hydrogen-bond acceptors (Lipinski definition) is 6. The molecule has 6 nitrogen and oxygen atoms in total. The van der Waals surface area contributed by atoms with Gasteiger partial charge in [-0.05, 0) is 36.6 Å². The summed E-state index contributed by atoms with van der Waals surface area (Å²) in [7, 11) is 1.31. The van der Waals surface area contributed by atoms with Crippen LogP contribution in [0.5, 0.6) is 0 Å². The Bertz CT molecular complexity index is 1370. The van der Waals surface area contributed by atoms with Gasteiger partial charge in [-0.2, -0.15) is 0 Å².